The summed E-state index contributed by atoms with van der Waals surface area (Å²) in [6.45, 7) is 0. The molecule has 4 heteroatoms. The largest absolute Gasteiger partial charge is 0.481 e. The van der Waals surface area contributed by atoms with Crippen molar-refractivity contribution in [1.82, 2.24) is 9.97 Å². The summed E-state index contributed by atoms with van der Waals surface area (Å²) in [5.74, 6) is -0.830. The maximum absolute atomic E-state index is 10.6. The maximum atomic E-state index is 10.6. The Morgan fingerprint density at radius 3 is 2.40 bits per heavy atom. The lowest BCUT2D eigenvalue weighted by molar-refractivity contribution is -0.136. The summed E-state index contributed by atoms with van der Waals surface area (Å²) in [7, 11) is 0. The van der Waals surface area contributed by atoms with Crippen LogP contribution in [0, 0.1) is 0 Å². The zero-order chi connectivity index (χ0) is 13.9. The number of aliphatic carboxylic acids is 1. The number of para-hydroxylation sites is 2. The van der Waals surface area contributed by atoms with E-state index in [0.29, 0.717) is 0 Å². The molecule has 0 aliphatic carbocycles. The van der Waals surface area contributed by atoms with Crippen LogP contribution in [0.2, 0.25) is 0 Å². The molecule has 20 heavy (non-hydrogen) atoms. The van der Waals surface area contributed by atoms with Crippen molar-refractivity contribution in [3.05, 3.63) is 60.3 Å². The van der Waals surface area contributed by atoms with Gasteiger partial charge in [-0.2, -0.15) is 0 Å². The summed E-state index contributed by atoms with van der Waals surface area (Å²) in [4.78, 5) is 19.6. The Morgan fingerprint density at radius 2 is 1.70 bits per heavy atom. The molecule has 1 aromatic heterocycles. The Morgan fingerprint density at radius 1 is 1.00 bits per heavy atom. The van der Waals surface area contributed by atoms with Crippen molar-refractivity contribution in [1.29, 1.82) is 0 Å². The fraction of sp³-hybridized carbons (Fsp3) is 0.0625. The lowest BCUT2D eigenvalue weighted by Crippen LogP contribution is -1.99. The molecule has 0 atom stereocenters. The topological polar surface area (TPSA) is 63.1 Å². The summed E-state index contributed by atoms with van der Waals surface area (Å²) >= 11 is 0. The molecule has 1 heterocycles. The molecule has 3 rings (SSSR count). The number of nitrogens with zero attached hydrogens (tertiary/aromatic N) is 2. The van der Waals surface area contributed by atoms with Crippen LogP contribution in [0.3, 0.4) is 0 Å². The van der Waals surface area contributed by atoms with Crippen molar-refractivity contribution in [2.24, 2.45) is 0 Å². The van der Waals surface area contributed by atoms with Gasteiger partial charge in [0.2, 0.25) is 0 Å². The third kappa shape index (κ3) is 2.49. The number of carboxylic acid groups (broad SMARTS) is 1. The van der Waals surface area contributed by atoms with Crippen LogP contribution in [0.5, 0.6) is 0 Å². The number of benzene rings is 2. The van der Waals surface area contributed by atoms with E-state index in [0.717, 1.165) is 27.9 Å². The van der Waals surface area contributed by atoms with E-state index in [1.807, 2.05) is 36.4 Å². The molecule has 0 aliphatic rings. The molecule has 0 aliphatic heterocycles. The van der Waals surface area contributed by atoms with E-state index in [4.69, 9.17) is 5.11 Å². The first-order valence-corrected chi connectivity index (χ1v) is 6.25. The number of rotatable bonds is 3. The monoisotopic (exact) mass is 264 g/mol. The van der Waals surface area contributed by atoms with Gasteiger partial charge in [-0.25, -0.2) is 4.98 Å². The highest BCUT2D eigenvalue weighted by molar-refractivity contribution is 5.77. The number of carbonyl (C=O) groups is 1. The molecular weight excluding hydrogens is 252 g/mol. The van der Waals surface area contributed by atoms with Gasteiger partial charge in [0.25, 0.3) is 0 Å². The first kappa shape index (κ1) is 12.3. The second kappa shape index (κ2) is 5.09. The van der Waals surface area contributed by atoms with Gasteiger partial charge < -0.3 is 5.11 Å². The molecule has 0 radical (unpaired) electrons. The van der Waals surface area contributed by atoms with E-state index < -0.39 is 5.97 Å². The molecule has 0 fully saturated rings. The maximum Gasteiger partial charge on any atom is 0.307 e. The molecule has 4 nitrogen and oxygen atoms in total. The Hall–Kier alpha value is -2.75. The lowest BCUT2D eigenvalue weighted by atomic mass is 10.1. The minimum absolute atomic E-state index is 0.0314. The van der Waals surface area contributed by atoms with Crippen LogP contribution >= 0.6 is 0 Å². The van der Waals surface area contributed by atoms with Gasteiger partial charge in [0.15, 0.2) is 0 Å². The van der Waals surface area contributed by atoms with Gasteiger partial charge in [-0.05, 0) is 17.7 Å². The van der Waals surface area contributed by atoms with E-state index in [9.17, 15) is 4.79 Å². The third-order valence-corrected chi connectivity index (χ3v) is 3.05. The number of hydrogen-bond acceptors (Lipinski definition) is 3. The minimum atomic E-state index is -0.830. The summed E-state index contributed by atoms with van der Waals surface area (Å²) < 4.78 is 0. The summed E-state index contributed by atoms with van der Waals surface area (Å²) in [6, 6.07) is 15.1. The van der Waals surface area contributed by atoms with Crippen LogP contribution in [0.1, 0.15) is 5.56 Å². The van der Waals surface area contributed by atoms with Gasteiger partial charge in [-0.1, -0.05) is 36.4 Å². The summed E-state index contributed by atoms with van der Waals surface area (Å²) in [5, 5.41) is 8.75. The van der Waals surface area contributed by atoms with Gasteiger partial charge in [0, 0.05) is 5.56 Å². The van der Waals surface area contributed by atoms with E-state index in [-0.39, 0.29) is 6.42 Å². The zero-order valence-electron chi connectivity index (χ0n) is 10.7. The van der Waals surface area contributed by atoms with Crippen LogP contribution in [0.4, 0.5) is 0 Å². The fourth-order valence-corrected chi connectivity index (χ4v) is 2.06. The fourth-order valence-electron chi connectivity index (χ4n) is 2.06. The van der Waals surface area contributed by atoms with E-state index in [2.05, 4.69) is 9.97 Å². The van der Waals surface area contributed by atoms with Gasteiger partial charge in [-0.15, -0.1) is 0 Å². The molecule has 2 aromatic carbocycles. The van der Waals surface area contributed by atoms with Gasteiger partial charge >= 0.3 is 5.97 Å². The predicted molar refractivity (Wildman–Crippen MR) is 76.3 cm³/mol. The quantitative estimate of drug-likeness (QED) is 0.790. The third-order valence-electron chi connectivity index (χ3n) is 3.05. The molecule has 98 valence electrons. The molecule has 0 bridgehead atoms. The molecule has 1 N–H and O–H groups in total. The summed E-state index contributed by atoms with van der Waals surface area (Å²) in [6.07, 6.45) is 1.76. The number of hydrogen-bond donors (Lipinski definition) is 1. The Kier molecular flexibility index (Phi) is 3.13. The average Bonchev–Trinajstić information content (AvgIpc) is 2.47. The van der Waals surface area contributed by atoms with Crippen molar-refractivity contribution in [2.45, 2.75) is 6.42 Å². The number of aromatic nitrogens is 2. The van der Waals surface area contributed by atoms with Gasteiger partial charge in [-0.3, -0.25) is 9.78 Å². The molecule has 0 saturated heterocycles. The molecule has 3 aromatic rings. The van der Waals surface area contributed by atoms with E-state index in [1.54, 1.807) is 18.3 Å². The van der Waals surface area contributed by atoms with Crippen molar-refractivity contribution < 1.29 is 9.90 Å². The number of carboxylic acids is 1. The van der Waals surface area contributed by atoms with Gasteiger partial charge in [0.05, 0.1) is 29.3 Å². The smallest absolute Gasteiger partial charge is 0.307 e. The van der Waals surface area contributed by atoms with Crippen LogP contribution in [-0.4, -0.2) is 21.0 Å². The zero-order valence-corrected chi connectivity index (χ0v) is 10.7. The van der Waals surface area contributed by atoms with E-state index >= 15 is 0 Å². The molecule has 0 amide bonds. The highest BCUT2D eigenvalue weighted by Crippen LogP contribution is 2.19. The van der Waals surface area contributed by atoms with Crippen LogP contribution in [0.25, 0.3) is 22.3 Å². The van der Waals surface area contributed by atoms with E-state index in [1.165, 1.54) is 0 Å². The van der Waals surface area contributed by atoms with Crippen LogP contribution in [-0.2, 0) is 11.2 Å². The van der Waals surface area contributed by atoms with Crippen LogP contribution in [0.15, 0.2) is 54.7 Å². The lowest BCUT2D eigenvalue weighted by Gasteiger charge is -2.03. The standard InChI is InChI=1S/C16H12N2O2/c19-16(20)9-11-5-7-12(8-6-11)15-10-17-13-3-1-2-4-14(13)18-15/h1-8,10H,9H2,(H,19,20). The van der Waals surface area contributed by atoms with Crippen molar-refractivity contribution in [2.75, 3.05) is 0 Å². The SMILES string of the molecule is O=C(O)Cc1ccc(-c2cnc3ccccc3n2)cc1. The highest BCUT2D eigenvalue weighted by Gasteiger charge is 2.04. The molecule has 0 saturated carbocycles. The normalized spacial score (nSPS) is 10.6. The second-order valence-electron chi connectivity index (χ2n) is 4.51. The Balaban J connectivity index is 1.96. The summed E-state index contributed by atoms with van der Waals surface area (Å²) in [5.41, 5.74) is 4.19. The Bertz CT molecular complexity index is 767. The predicted octanol–water partition coefficient (Wildman–Crippen LogP) is 2.92. The number of fused-ring (bicyclic) bond motifs is 1. The first-order valence-electron chi connectivity index (χ1n) is 6.25. The highest BCUT2D eigenvalue weighted by atomic mass is 16.4. The first-order chi connectivity index (χ1) is 9.72. The molecule has 0 unspecified atom stereocenters. The van der Waals surface area contributed by atoms with Crippen molar-refractivity contribution in [3.63, 3.8) is 0 Å². The van der Waals surface area contributed by atoms with Crippen molar-refractivity contribution >= 4 is 17.0 Å². The molecular formula is C16H12N2O2. The second-order valence-corrected chi connectivity index (χ2v) is 4.51. The Labute approximate surface area is 115 Å². The minimum Gasteiger partial charge on any atom is -0.481 e. The van der Waals surface area contributed by atoms with Crippen LogP contribution < -0.4 is 0 Å². The van der Waals surface area contributed by atoms with Crippen molar-refractivity contribution in [3.8, 4) is 11.3 Å². The van der Waals surface area contributed by atoms with Gasteiger partial charge in [0.1, 0.15) is 0 Å². The molecule has 0 spiro atoms. The average molecular weight is 264 g/mol.